The standard InChI is InChI=1S/C18H24F2N2O3/c1-16(19,20)10-24-11-17-5-13-4-14(6-17)8-18(7-13,9-17)25-15(23)22-3-2-21-12-22/h2-3,12-14H,4-11H2,1H3. The fourth-order valence-electron chi connectivity index (χ4n) is 5.70. The fraction of sp³-hybridized carbons (Fsp3) is 0.778. The van der Waals surface area contributed by atoms with E-state index in [-0.39, 0.29) is 5.41 Å². The molecule has 4 fully saturated rings. The summed E-state index contributed by atoms with van der Waals surface area (Å²) in [5.41, 5.74) is -0.617. The van der Waals surface area contributed by atoms with E-state index in [9.17, 15) is 13.6 Å². The van der Waals surface area contributed by atoms with Crippen LogP contribution in [0.5, 0.6) is 0 Å². The van der Waals surface area contributed by atoms with Gasteiger partial charge in [0.1, 0.15) is 18.5 Å². The number of imidazole rings is 1. The molecule has 5 nitrogen and oxygen atoms in total. The molecule has 1 heterocycles. The maximum absolute atomic E-state index is 13.1. The summed E-state index contributed by atoms with van der Waals surface area (Å²) in [6.07, 6.45) is 9.73. The summed E-state index contributed by atoms with van der Waals surface area (Å²) in [5.74, 6) is -1.83. The van der Waals surface area contributed by atoms with Crippen molar-refractivity contribution in [3.63, 3.8) is 0 Å². The van der Waals surface area contributed by atoms with E-state index >= 15 is 0 Å². The third-order valence-electron chi connectivity index (χ3n) is 5.91. The van der Waals surface area contributed by atoms with E-state index in [0.29, 0.717) is 24.9 Å². The van der Waals surface area contributed by atoms with Gasteiger partial charge in [-0.2, -0.15) is 0 Å². The smallest absolute Gasteiger partial charge is 0.419 e. The molecule has 1 aromatic rings. The van der Waals surface area contributed by atoms with Gasteiger partial charge in [-0.15, -0.1) is 0 Å². The summed E-state index contributed by atoms with van der Waals surface area (Å²) in [6, 6.07) is 0. The molecular weight excluding hydrogens is 330 g/mol. The van der Waals surface area contributed by atoms with Crippen LogP contribution in [-0.4, -0.2) is 40.4 Å². The number of ether oxygens (including phenoxy) is 2. The number of carbonyl (C=O) groups excluding carboxylic acids is 1. The Morgan fingerprint density at radius 2 is 2.04 bits per heavy atom. The summed E-state index contributed by atoms with van der Waals surface area (Å²) in [5, 5.41) is 0. The first-order valence-corrected chi connectivity index (χ1v) is 8.94. The van der Waals surface area contributed by atoms with Crippen molar-refractivity contribution in [2.45, 2.75) is 57.0 Å². The lowest BCUT2D eigenvalue weighted by Gasteiger charge is -2.61. The molecule has 0 spiro atoms. The van der Waals surface area contributed by atoms with E-state index in [1.54, 1.807) is 12.4 Å². The highest BCUT2D eigenvalue weighted by atomic mass is 19.3. The van der Waals surface area contributed by atoms with Gasteiger partial charge in [0.05, 0.1) is 6.61 Å². The predicted octanol–water partition coefficient (Wildman–Crippen LogP) is 3.88. The van der Waals surface area contributed by atoms with E-state index in [2.05, 4.69) is 4.98 Å². The minimum atomic E-state index is -2.81. The molecule has 4 aliphatic rings. The molecule has 0 saturated heterocycles. The normalized spacial score (nSPS) is 36.6. The van der Waals surface area contributed by atoms with E-state index in [1.165, 1.54) is 10.9 Å². The Hall–Kier alpha value is -1.50. The summed E-state index contributed by atoms with van der Waals surface area (Å²) in [6.45, 7) is 0.654. The number of alkyl halides is 2. The van der Waals surface area contributed by atoms with E-state index < -0.39 is 24.2 Å². The predicted molar refractivity (Wildman–Crippen MR) is 85.4 cm³/mol. The SMILES string of the molecule is CC(F)(F)COCC12CC3CC(C1)CC(OC(=O)n1ccnc1)(C3)C2. The summed E-state index contributed by atoms with van der Waals surface area (Å²) < 4.78 is 38.9. The molecule has 0 aliphatic heterocycles. The van der Waals surface area contributed by atoms with Gasteiger partial charge in [0.15, 0.2) is 0 Å². The second-order valence-corrected chi connectivity index (χ2v) is 8.54. The van der Waals surface area contributed by atoms with Crippen LogP contribution < -0.4 is 0 Å². The van der Waals surface area contributed by atoms with Crippen molar-refractivity contribution in [2.75, 3.05) is 13.2 Å². The summed E-state index contributed by atoms with van der Waals surface area (Å²) in [7, 11) is 0. The Labute approximate surface area is 145 Å². The van der Waals surface area contributed by atoms with E-state index in [1.807, 2.05) is 0 Å². The van der Waals surface area contributed by atoms with Crippen molar-refractivity contribution in [3.8, 4) is 0 Å². The third-order valence-corrected chi connectivity index (χ3v) is 5.91. The molecule has 5 rings (SSSR count). The molecule has 4 aliphatic carbocycles. The molecule has 138 valence electrons. The number of nitrogens with zero attached hydrogens (tertiary/aromatic N) is 2. The first kappa shape index (κ1) is 16.9. The largest absolute Gasteiger partial charge is 0.442 e. The zero-order valence-corrected chi connectivity index (χ0v) is 14.4. The fourth-order valence-corrected chi connectivity index (χ4v) is 5.70. The number of carbonyl (C=O) groups is 1. The second kappa shape index (κ2) is 5.76. The second-order valence-electron chi connectivity index (χ2n) is 8.54. The lowest BCUT2D eigenvalue weighted by molar-refractivity contribution is -0.188. The van der Waals surface area contributed by atoms with Crippen LogP contribution in [0.1, 0.15) is 45.4 Å². The Morgan fingerprint density at radius 3 is 2.64 bits per heavy atom. The van der Waals surface area contributed by atoms with Gasteiger partial charge in [-0.25, -0.2) is 23.1 Å². The first-order chi connectivity index (χ1) is 11.8. The van der Waals surface area contributed by atoms with Crippen LogP contribution in [0.3, 0.4) is 0 Å². The maximum atomic E-state index is 13.1. The molecule has 7 heteroatoms. The van der Waals surface area contributed by atoms with Gasteiger partial charge in [-0.1, -0.05) is 0 Å². The van der Waals surface area contributed by atoms with Crippen LogP contribution in [0, 0.1) is 17.3 Å². The van der Waals surface area contributed by atoms with Gasteiger partial charge >= 0.3 is 6.09 Å². The number of aromatic nitrogens is 2. The number of hydrogen-bond acceptors (Lipinski definition) is 4. The molecule has 0 N–H and O–H groups in total. The van der Waals surface area contributed by atoms with Crippen molar-refractivity contribution in [3.05, 3.63) is 18.7 Å². The number of halogens is 2. The highest BCUT2D eigenvalue weighted by Gasteiger charge is 2.59. The molecule has 0 aromatic carbocycles. The quantitative estimate of drug-likeness (QED) is 0.805. The third kappa shape index (κ3) is 3.43. The van der Waals surface area contributed by atoms with E-state index in [4.69, 9.17) is 9.47 Å². The highest BCUT2D eigenvalue weighted by molar-refractivity contribution is 5.70. The summed E-state index contributed by atoms with van der Waals surface area (Å²) >= 11 is 0. The zero-order valence-electron chi connectivity index (χ0n) is 14.4. The van der Waals surface area contributed by atoms with Gasteiger partial charge in [0.25, 0.3) is 5.92 Å². The topological polar surface area (TPSA) is 53.4 Å². The Kier molecular flexibility index (Phi) is 3.90. The number of hydrogen-bond donors (Lipinski definition) is 0. The van der Waals surface area contributed by atoms with Crippen LogP contribution in [0.4, 0.5) is 13.6 Å². The van der Waals surface area contributed by atoms with Crippen molar-refractivity contribution in [1.29, 1.82) is 0 Å². The lowest BCUT2D eigenvalue weighted by Crippen LogP contribution is -2.59. The minimum absolute atomic E-state index is 0.134. The van der Waals surface area contributed by atoms with Gasteiger partial charge in [-0.3, -0.25) is 0 Å². The van der Waals surface area contributed by atoms with E-state index in [0.717, 1.165) is 39.0 Å². The van der Waals surface area contributed by atoms with Crippen LogP contribution in [-0.2, 0) is 9.47 Å². The highest BCUT2D eigenvalue weighted by Crippen LogP contribution is 2.62. The molecule has 0 radical (unpaired) electrons. The first-order valence-electron chi connectivity index (χ1n) is 8.94. The molecular formula is C18H24F2N2O3. The summed E-state index contributed by atoms with van der Waals surface area (Å²) in [4.78, 5) is 16.3. The number of rotatable bonds is 5. The van der Waals surface area contributed by atoms with Gasteiger partial charge < -0.3 is 9.47 Å². The van der Waals surface area contributed by atoms with Crippen molar-refractivity contribution < 1.29 is 23.0 Å². The molecule has 4 bridgehead atoms. The monoisotopic (exact) mass is 354 g/mol. The molecule has 4 saturated carbocycles. The van der Waals surface area contributed by atoms with Crippen molar-refractivity contribution in [2.24, 2.45) is 17.3 Å². The van der Waals surface area contributed by atoms with Crippen LogP contribution in [0.2, 0.25) is 0 Å². The molecule has 2 unspecified atom stereocenters. The molecule has 0 amide bonds. The van der Waals surface area contributed by atoms with Crippen molar-refractivity contribution in [1.82, 2.24) is 9.55 Å². The minimum Gasteiger partial charge on any atom is -0.442 e. The van der Waals surface area contributed by atoms with Crippen LogP contribution in [0.15, 0.2) is 18.7 Å². The zero-order chi connectivity index (χ0) is 17.7. The molecule has 1 aromatic heterocycles. The molecule has 25 heavy (non-hydrogen) atoms. The molecule has 2 atom stereocenters. The Bertz CT molecular complexity index is 627. The van der Waals surface area contributed by atoms with Gasteiger partial charge in [-0.05, 0) is 55.8 Å². The van der Waals surface area contributed by atoms with Gasteiger partial charge in [0.2, 0.25) is 0 Å². The van der Waals surface area contributed by atoms with Crippen LogP contribution >= 0.6 is 0 Å². The Balaban J connectivity index is 1.48. The van der Waals surface area contributed by atoms with Crippen molar-refractivity contribution >= 4 is 6.09 Å². The lowest BCUT2D eigenvalue weighted by atomic mass is 9.48. The maximum Gasteiger partial charge on any atom is 0.419 e. The van der Waals surface area contributed by atoms with Gasteiger partial charge in [0, 0.05) is 19.3 Å². The van der Waals surface area contributed by atoms with Crippen LogP contribution in [0.25, 0.3) is 0 Å². The average molecular weight is 354 g/mol. The Morgan fingerprint density at radius 1 is 1.32 bits per heavy atom. The average Bonchev–Trinajstić information content (AvgIpc) is 2.97.